The van der Waals surface area contributed by atoms with Gasteiger partial charge in [-0.15, -0.1) is 0 Å². The first-order valence-electron chi connectivity index (χ1n) is 7.69. The van der Waals surface area contributed by atoms with Crippen LogP contribution in [0.1, 0.15) is 24.1 Å². The highest BCUT2D eigenvalue weighted by Gasteiger charge is 2.22. The van der Waals surface area contributed by atoms with E-state index in [1.54, 1.807) is 32.0 Å². The molecule has 8 nitrogen and oxygen atoms in total. The van der Waals surface area contributed by atoms with E-state index in [1.165, 1.54) is 26.4 Å². The lowest BCUT2D eigenvalue weighted by atomic mass is 10.1. The summed E-state index contributed by atoms with van der Waals surface area (Å²) in [4.78, 5) is 10.3. The SMILES string of the molecule is COc1ccc([C@@H](C)NS(=O)(=O)c2ccc(C)c([N+](=O)[O-])c2)cc1OC. The lowest BCUT2D eigenvalue weighted by Crippen LogP contribution is -2.27. The second-order valence-electron chi connectivity index (χ2n) is 5.66. The molecule has 2 aromatic carbocycles. The molecule has 0 saturated heterocycles. The molecule has 140 valence electrons. The van der Waals surface area contributed by atoms with Gasteiger partial charge in [-0.1, -0.05) is 12.1 Å². The summed E-state index contributed by atoms with van der Waals surface area (Å²) in [5.41, 5.74) is 0.807. The molecule has 2 aromatic rings. The molecule has 0 spiro atoms. The van der Waals surface area contributed by atoms with Crippen molar-refractivity contribution in [3.63, 3.8) is 0 Å². The Hall–Kier alpha value is -2.65. The monoisotopic (exact) mass is 380 g/mol. The van der Waals surface area contributed by atoms with Gasteiger partial charge in [0, 0.05) is 17.7 Å². The van der Waals surface area contributed by atoms with Crippen LogP contribution in [-0.2, 0) is 10.0 Å². The van der Waals surface area contributed by atoms with Gasteiger partial charge < -0.3 is 9.47 Å². The molecule has 1 atom stereocenters. The minimum Gasteiger partial charge on any atom is -0.493 e. The van der Waals surface area contributed by atoms with Crippen LogP contribution in [0.5, 0.6) is 11.5 Å². The van der Waals surface area contributed by atoms with Crippen molar-refractivity contribution >= 4 is 15.7 Å². The Morgan fingerprint density at radius 2 is 1.73 bits per heavy atom. The number of nitro groups is 1. The fourth-order valence-corrected chi connectivity index (χ4v) is 3.70. The standard InChI is InChI=1S/C17H20N2O6S/c1-11-5-7-14(10-15(11)19(20)21)26(22,23)18-12(2)13-6-8-16(24-3)17(9-13)25-4/h5-10,12,18H,1-4H3/t12-/m1/s1. The number of nitrogens with zero attached hydrogens (tertiary/aromatic N) is 1. The third-order valence-electron chi connectivity index (χ3n) is 3.93. The zero-order valence-electron chi connectivity index (χ0n) is 14.8. The Morgan fingerprint density at radius 1 is 1.08 bits per heavy atom. The van der Waals surface area contributed by atoms with E-state index < -0.39 is 21.0 Å². The Morgan fingerprint density at radius 3 is 2.31 bits per heavy atom. The molecule has 0 aromatic heterocycles. The van der Waals surface area contributed by atoms with Crippen molar-refractivity contribution in [2.24, 2.45) is 0 Å². The van der Waals surface area contributed by atoms with Crippen molar-refractivity contribution in [3.05, 3.63) is 57.6 Å². The second kappa shape index (κ2) is 7.71. The fraction of sp³-hybridized carbons (Fsp3) is 0.294. The van der Waals surface area contributed by atoms with Gasteiger partial charge in [-0.3, -0.25) is 10.1 Å². The minimum absolute atomic E-state index is 0.165. The molecule has 1 N–H and O–H groups in total. The maximum atomic E-state index is 12.6. The number of nitrogens with one attached hydrogen (secondary N) is 1. The van der Waals surface area contributed by atoms with Crippen molar-refractivity contribution in [1.29, 1.82) is 0 Å². The smallest absolute Gasteiger partial charge is 0.273 e. The number of aryl methyl sites for hydroxylation is 1. The van der Waals surface area contributed by atoms with Gasteiger partial charge in [-0.2, -0.15) is 0 Å². The van der Waals surface area contributed by atoms with Gasteiger partial charge in [0.25, 0.3) is 5.69 Å². The molecule has 0 saturated carbocycles. The molecule has 9 heteroatoms. The summed E-state index contributed by atoms with van der Waals surface area (Å²) in [5, 5.41) is 11.0. The van der Waals surface area contributed by atoms with Crippen LogP contribution >= 0.6 is 0 Å². The van der Waals surface area contributed by atoms with E-state index in [2.05, 4.69) is 4.72 Å². The van der Waals surface area contributed by atoms with Gasteiger partial charge in [0.15, 0.2) is 11.5 Å². The number of hydrogen-bond donors (Lipinski definition) is 1. The van der Waals surface area contributed by atoms with Crippen LogP contribution in [0.4, 0.5) is 5.69 Å². The van der Waals surface area contributed by atoms with Crippen molar-refractivity contribution in [2.75, 3.05) is 14.2 Å². The Bertz CT molecular complexity index is 927. The summed E-state index contributed by atoms with van der Waals surface area (Å²) < 4.78 is 38.1. The van der Waals surface area contributed by atoms with Crippen molar-refractivity contribution in [1.82, 2.24) is 4.72 Å². The molecule has 0 amide bonds. The quantitative estimate of drug-likeness (QED) is 0.584. The van der Waals surface area contributed by atoms with E-state index >= 15 is 0 Å². The zero-order chi connectivity index (χ0) is 19.5. The molecule has 0 fully saturated rings. The Kier molecular flexibility index (Phi) is 5.83. The van der Waals surface area contributed by atoms with Gasteiger partial charge >= 0.3 is 0 Å². The van der Waals surface area contributed by atoms with E-state index in [0.29, 0.717) is 22.6 Å². The Labute approximate surface area is 152 Å². The molecule has 0 aliphatic rings. The topological polar surface area (TPSA) is 108 Å². The summed E-state index contributed by atoms with van der Waals surface area (Å²) >= 11 is 0. The maximum absolute atomic E-state index is 12.6. The highest BCUT2D eigenvalue weighted by atomic mass is 32.2. The molecule has 2 rings (SSSR count). The van der Waals surface area contributed by atoms with Crippen molar-refractivity contribution in [2.45, 2.75) is 24.8 Å². The summed E-state index contributed by atoms with van der Waals surface area (Å²) in [6, 6.07) is 8.28. The third-order valence-corrected chi connectivity index (χ3v) is 5.47. The molecule has 0 aliphatic heterocycles. The first-order chi connectivity index (χ1) is 12.2. The summed E-state index contributed by atoms with van der Waals surface area (Å²) in [5.74, 6) is 1.00. The normalized spacial score (nSPS) is 12.5. The highest BCUT2D eigenvalue weighted by molar-refractivity contribution is 7.89. The van der Waals surface area contributed by atoms with E-state index in [0.717, 1.165) is 6.07 Å². The lowest BCUT2D eigenvalue weighted by Gasteiger charge is -2.17. The first kappa shape index (κ1) is 19.7. The predicted molar refractivity (Wildman–Crippen MR) is 96.1 cm³/mol. The van der Waals surface area contributed by atoms with Crippen LogP contribution in [-0.4, -0.2) is 27.6 Å². The highest BCUT2D eigenvalue weighted by Crippen LogP contribution is 2.30. The van der Waals surface area contributed by atoms with Crippen LogP contribution in [0.2, 0.25) is 0 Å². The van der Waals surface area contributed by atoms with Crippen LogP contribution in [0.15, 0.2) is 41.3 Å². The summed E-state index contributed by atoms with van der Waals surface area (Å²) in [6.45, 7) is 3.22. The van der Waals surface area contributed by atoms with Crippen LogP contribution in [0.25, 0.3) is 0 Å². The van der Waals surface area contributed by atoms with E-state index in [1.807, 2.05) is 0 Å². The third kappa shape index (κ3) is 4.12. The second-order valence-corrected chi connectivity index (χ2v) is 7.38. The molecular weight excluding hydrogens is 360 g/mol. The number of benzene rings is 2. The zero-order valence-corrected chi connectivity index (χ0v) is 15.7. The fourth-order valence-electron chi connectivity index (χ4n) is 2.44. The summed E-state index contributed by atoms with van der Waals surface area (Å²) in [6.07, 6.45) is 0. The summed E-state index contributed by atoms with van der Waals surface area (Å²) in [7, 11) is -0.946. The van der Waals surface area contributed by atoms with E-state index in [4.69, 9.17) is 9.47 Å². The molecule has 0 unspecified atom stereocenters. The Balaban J connectivity index is 2.32. The van der Waals surface area contributed by atoms with E-state index in [-0.39, 0.29) is 10.6 Å². The number of ether oxygens (including phenoxy) is 2. The molecule has 0 bridgehead atoms. The molecule has 0 radical (unpaired) electrons. The molecular formula is C17H20N2O6S. The number of hydrogen-bond acceptors (Lipinski definition) is 6. The number of nitro benzene ring substituents is 1. The van der Waals surface area contributed by atoms with Gasteiger partial charge in [0.05, 0.1) is 24.0 Å². The number of methoxy groups -OCH3 is 2. The molecule has 26 heavy (non-hydrogen) atoms. The average Bonchev–Trinajstić information content (AvgIpc) is 2.60. The van der Waals surface area contributed by atoms with Gasteiger partial charge in [0.2, 0.25) is 10.0 Å². The van der Waals surface area contributed by atoms with Crippen LogP contribution in [0, 0.1) is 17.0 Å². The van der Waals surface area contributed by atoms with E-state index in [9.17, 15) is 18.5 Å². The molecule has 0 heterocycles. The maximum Gasteiger partial charge on any atom is 0.273 e. The van der Waals surface area contributed by atoms with Crippen LogP contribution in [0.3, 0.4) is 0 Å². The van der Waals surface area contributed by atoms with Crippen LogP contribution < -0.4 is 14.2 Å². The minimum atomic E-state index is -3.94. The van der Waals surface area contributed by atoms with Crippen molar-refractivity contribution in [3.8, 4) is 11.5 Å². The average molecular weight is 380 g/mol. The first-order valence-corrected chi connectivity index (χ1v) is 9.17. The van der Waals surface area contributed by atoms with Gasteiger partial charge in [-0.25, -0.2) is 13.1 Å². The number of rotatable bonds is 7. The van der Waals surface area contributed by atoms with Crippen molar-refractivity contribution < 1.29 is 22.8 Å². The van der Waals surface area contributed by atoms with Gasteiger partial charge in [0.1, 0.15) is 0 Å². The predicted octanol–water partition coefficient (Wildman–Crippen LogP) is 2.96. The number of sulfonamides is 1. The van der Waals surface area contributed by atoms with Gasteiger partial charge in [-0.05, 0) is 37.6 Å². The lowest BCUT2D eigenvalue weighted by molar-refractivity contribution is -0.385. The molecule has 0 aliphatic carbocycles. The largest absolute Gasteiger partial charge is 0.493 e.